The first-order valence-corrected chi connectivity index (χ1v) is 13.1. The van der Waals surface area contributed by atoms with E-state index in [9.17, 15) is 13.2 Å². The Morgan fingerprint density at radius 3 is 2.67 bits per heavy atom. The Morgan fingerprint density at radius 2 is 1.94 bits per heavy atom. The molecule has 0 atom stereocenters. The van der Waals surface area contributed by atoms with Crippen LogP contribution in [0.15, 0.2) is 71.3 Å². The summed E-state index contributed by atoms with van der Waals surface area (Å²) in [6.45, 7) is 0.222. The highest BCUT2D eigenvalue weighted by atomic mass is 32.2. The lowest BCUT2D eigenvalue weighted by Gasteiger charge is -2.18. The minimum atomic E-state index is -3.31. The maximum absolute atomic E-state index is 13.1. The number of thiazole rings is 1. The summed E-state index contributed by atoms with van der Waals surface area (Å²) >= 11 is 1.38. The van der Waals surface area contributed by atoms with E-state index < -0.39 is 9.84 Å². The second kappa shape index (κ2) is 10.2. The number of hydrogen-bond donors (Lipinski definition) is 0. The van der Waals surface area contributed by atoms with E-state index in [4.69, 9.17) is 9.15 Å². The molecule has 1 amide bonds. The highest BCUT2D eigenvalue weighted by molar-refractivity contribution is 7.90. The number of aromatic nitrogens is 1. The van der Waals surface area contributed by atoms with Crippen LogP contribution in [-0.4, -0.2) is 32.2 Å². The van der Waals surface area contributed by atoms with Crippen molar-refractivity contribution in [1.29, 1.82) is 0 Å². The first-order valence-electron chi connectivity index (χ1n) is 10.5. The van der Waals surface area contributed by atoms with Crippen LogP contribution in [0.4, 0.5) is 5.13 Å². The van der Waals surface area contributed by atoms with Gasteiger partial charge in [0.05, 0.1) is 41.6 Å². The van der Waals surface area contributed by atoms with Crippen molar-refractivity contribution in [2.75, 3.05) is 17.8 Å². The number of amides is 1. The van der Waals surface area contributed by atoms with E-state index in [1.54, 1.807) is 42.5 Å². The number of furan rings is 1. The largest absolute Gasteiger partial charge is 0.497 e. The van der Waals surface area contributed by atoms with Crippen LogP contribution in [0.2, 0.25) is 0 Å². The summed E-state index contributed by atoms with van der Waals surface area (Å²) in [5, 5.41) is 0.534. The minimum absolute atomic E-state index is 0.0299. The number of methoxy groups -OCH3 is 1. The maximum Gasteiger partial charge on any atom is 0.229 e. The van der Waals surface area contributed by atoms with Gasteiger partial charge in [-0.05, 0) is 42.3 Å². The van der Waals surface area contributed by atoms with Gasteiger partial charge in [-0.15, -0.1) is 0 Å². The minimum Gasteiger partial charge on any atom is -0.497 e. The third-order valence-electron chi connectivity index (χ3n) is 5.09. The van der Waals surface area contributed by atoms with Gasteiger partial charge in [0.2, 0.25) is 5.91 Å². The second-order valence-electron chi connectivity index (χ2n) is 7.57. The number of sulfone groups is 1. The van der Waals surface area contributed by atoms with E-state index in [1.807, 2.05) is 36.4 Å². The predicted octanol–water partition coefficient (Wildman–Crippen LogP) is 4.83. The molecule has 0 spiro atoms. The molecule has 2 heterocycles. The standard InChI is InChI=1S/C24H24N2O5S2/c1-30-19-11-12-21-22(15-19)32-24(25-21)26(16-20-9-5-13-31-20)23(27)10-6-14-33(28,29)17-18-7-3-2-4-8-18/h2-5,7-9,11-13,15H,6,10,14,16-17H2,1H3. The monoisotopic (exact) mass is 484 g/mol. The molecule has 0 aliphatic heterocycles. The highest BCUT2D eigenvalue weighted by Crippen LogP contribution is 2.32. The lowest BCUT2D eigenvalue weighted by Crippen LogP contribution is -2.30. The number of fused-ring (bicyclic) bond motifs is 1. The molecule has 0 saturated heterocycles. The number of carbonyl (C=O) groups is 1. The summed E-state index contributed by atoms with van der Waals surface area (Å²) in [4.78, 5) is 19.3. The summed E-state index contributed by atoms with van der Waals surface area (Å²) in [7, 11) is -1.72. The maximum atomic E-state index is 13.1. The lowest BCUT2D eigenvalue weighted by molar-refractivity contribution is -0.118. The van der Waals surface area contributed by atoms with Crippen LogP contribution in [0, 0.1) is 0 Å². The fourth-order valence-electron chi connectivity index (χ4n) is 3.43. The van der Waals surface area contributed by atoms with Crippen molar-refractivity contribution in [2.24, 2.45) is 0 Å². The molecule has 7 nitrogen and oxygen atoms in total. The molecule has 0 unspecified atom stereocenters. The molecule has 33 heavy (non-hydrogen) atoms. The Morgan fingerprint density at radius 1 is 1.12 bits per heavy atom. The Balaban J connectivity index is 1.47. The lowest BCUT2D eigenvalue weighted by atomic mass is 10.2. The Hall–Kier alpha value is -3.17. The third kappa shape index (κ3) is 6.00. The van der Waals surface area contributed by atoms with Crippen LogP contribution in [-0.2, 0) is 26.9 Å². The van der Waals surface area contributed by atoms with Gasteiger partial charge in [-0.3, -0.25) is 9.69 Å². The fourth-order valence-corrected chi connectivity index (χ4v) is 5.87. The topological polar surface area (TPSA) is 89.7 Å². The SMILES string of the molecule is COc1ccc2nc(N(Cc3ccco3)C(=O)CCCS(=O)(=O)Cc3ccccc3)sc2c1. The van der Waals surface area contributed by atoms with Gasteiger partial charge < -0.3 is 9.15 Å². The Kier molecular flexibility index (Phi) is 7.10. The Labute approximate surface area is 196 Å². The normalized spacial score (nSPS) is 11.5. The molecule has 0 fully saturated rings. The van der Waals surface area contributed by atoms with E-state index in [0.29, 0.717) is 16.6 Å². The number of anilines is 1. The highest BCUT2D eigenvalue weighted by Gasteiger charge is 2.22. The number of nitrogens with zero attached hydrogens (tertiary/aromatic N) is 2. The van der Waals surface area contributed by atoms with Crippen LogP contribution in [0.3, 0.4) is 0 Å². The van der Waals surface area contributed by atoms with Gasteiger partial charge >= 0.3 is 0 Å². The summed E-state index contributed by atoms with van der Waals surface area (Å²) in [6, 6.07) is 18.2. The zero-order valence-corrected chi connectivity index (χ0v) is 19.8. The van der Waals surface area contributed by atoms with Crippen molar-refractivity contribution in [1.82, 2.24) is 4.98 Å². The molecule has 0 bridgehead atoms. The summed E-state index contributed by atoms with van der Waals surface area (Å²) < 4.78 is 36.6. The fraction of sp³-hybridized carbons (Fsp3) is 0.250. The number of benzene rings is 2. The Bertz CT molecular complexity index is 1320. The van der Waals surface area contributed by atoms with Crippen LogP contribution < -0.4 is 9.64 Å². The second-order valence-corrected chi connectivity index (χ2v) is 10.8. The van der Waals surface area contributed by atoms with Crippen molar-refractivity contribution in [2.45, 2.75) is 25.1 Å². The number of carbonyl (C=O) groups excluding carboxylic acids is 1. The van der Waals surface area contributed by atoms with Crippen LogP contribution >= 0.6 is 11.3 Å². The third-order valence-corrected chi connectivity index (χ3v) is 7.81. The van der Waals surface area contributed by atoms with Gasteiger partial charge in [0, 0.05) is 6.42 Å². The van der Waals surface area contributed by atoms with Crippen molar-refractivity contribution in [3.63, 3.8) is 0 Å². The first kappa shape index (κ1) is 23.0. The molecular formula is C24H24N2O5S2. The van der Waals surface area contributed by atoms with E-state index in [-0.39, 0.29) is 36.8 Å². The molecule has 0 aliphatic carbocycles. The summed E-state index contributed by atoms with van der Waals surface area (Å²) in [6.07, 6.45) is 1.88. The molecule has 0 aliphatic rings. The number of hydrogen-bond acceptors (Lipinski definition) is 7. The predicted molar refractivity (Wildman–Crippen MR) is 129 cm³/mol. The smallest absolute Gasteiger partial charge is 0.229 e. The quantitative estimate of drug-likeness (QED) is 0.320. The van der Waals surface area contributed by atoms with Crippen molar-refractivity contribution in [3.8, 4) is 5.75 Å². The summed E-state index contributed by atoms with van der Waals surface area (Å²) in [5.41, 5.74) is 1.51. The molecule has 4 aromatic rings. The zero-order chi connectivity index (χ0) is 23.3. The first-order chi connectivity index (χ1) is 15.9. The average Bonchev–Trinajstić information content (AvgIpc) is 3.46. The van der Waals surface area contributed by atoms with Crippen LogP contribution in [0.25, 0.3) is 10.2 Å². The van der Waals surface area contributed by atoms with Crippen molar-refractivity contribution in [3.05, 3.63) is 78.3 Å². The van der Waals surface area contributed by atoms with Gasteiger partial charge in [-0.25, -0.2) is 13.4 Å². The van der Waals surface area contributed by atoms with E-state index >= 15 is 0 Å². The van der Waals surface area contributed by atoms with E-state index in [1.165, 1.54) is 11.3 Å². The van der Waals surface area contributed by atoms with Crippen LogP contribution in [0.1, 0.15) is 24.2 Å². The molecular weight excluding hydrogens is 460 g/mol. The molecule has 2 aromatic carbocycles. The van der Waals surface area contributed by atoms with Crippen molar-refractivity contribution < 1.29 is 22.4 Å². The van der Waals surface area contributed by atoms with Gasteiger partial charge in [0.15, 0.2) is 15.0 Å². The average molecular weight is 485 g/mol. The number of rotatable bonds is 10. The molecule has 0 saturated carbocycles. The van der Waals surface area contributed by atoms with Crippen molar-refractivity contribution >= 4 is 42.4 Å². The van der Waals surface area contributed by atoms with E-state index in [2.05, 4.69) is 4.98 Å². The van der Waals surface area contributed by atoms with Gasteiger partial charge in [-0.1, -0.05) is 41.7 Å². The molecule has 4 rings (SSSR count). The molecule has 2 aromatic heterocycles. The van der Waals surface area contributed by atoms with Gasteiger partial charge in [-0.2, -0.15) is 0 Å². The molecule has 9 heteroatoms. The molecule has 0 radical (unpaired) electrons. The zero-order valence-electron chi connectivity index (χ0n) is 18.1. The number of ether oxygens (including phenoxy) is 1. The van der Waals surface area contributed by atoms with Crippen LogP contribution in [0.5, 0.6) is 5.75 Å². The van der Waals surface area contributed by atoms with E-state index in [0.717, 1.165) is 15.8 Å². The molecule has 0 N–H and O–H groups in total. The van der Waals surface area contributed by atoms with Gasteiger partial charge in [0.1, 0.15) is 11.5 Å². The summed E-state index contributed by atoms with van der Waals surface area (Å²) in [5.74, 6) is 1.05. The molecule has 172 valence electrons. The van der Waals surface area contributed by atoms with Gasteiger partial charge in [0.25, 0.3) is 0 Å².